The van der Waals surface area contributed by atoms with Gasteiger partial charge in [0.25, 0.3) is 0 Å². The fourth-order valence-electron chi connectivity index (χ4n) is 3.46. The zero-order valence-electron chi connectivity index (χ0n) is 17.1. The lowest BCUT2D eigenvalue weighted by atomic mass is 10.1. The highest BCUT2D eigenvalue weighted by molar-refractivity contribution is 4.51. The van der Waals surface area contributed by atoms with E-state index >= 15 is 0 Å². The Morgan fingerprint density at radius 3 is 0.958 bits per heavy atom. The summed E-state index contributed by atoms with van der Waals surface area (Å²) in [5, 5.41) is 15.0. The maximum absolute atomic E-state index is 8.24. The van der Waals surface area contributed by atoms with Crippen molar-refractivity contribution >= 4 is 0 Å². The topological polar surface area (TPSA) is 46.8 Å². The van der Waals surface area contributed by atoms with E-state index in [2.05, 4.69) is 27.7 Å². The molecule has 3 heteroatoms. The molecule has 0 rings (SSSR count). The first kappa shape index (κ1) is 25.5. The molecule has 0 atom stereocenters. The summed E-state index contributed by atoms with van der Waals surface area (Å²) in [6, 6.07) is 0. The van der Waals surface area contributed by atoms with Crippen molar-refractivity contribution in [3.8, 4) is 6.26 Å². The number of hydrogen-bond donors (Lipinski definition) is 0. The maximum atomic E-state index is 8.24. The zero-order valence-corrected chi connectivity index (χ0v) is 17.1. The first-order valence-electron chi connectivity index (χ1n) is 10.5. The molecule has 3 nitrogen and oxygen atoms in total. The van der Waals surface area contributed by atoms with Crippen LogP contribution in [-0.4, -0.2) is 30.7 Å². The van der Waals surface area contributed by atoms with Crippen molar-refractivity contribution < 1.29 is 9.59 Å². The molecule has 0 bridgehead atoms. The van der Waals surface area contributed by atoms with Gasteiger partial charge in [-0.05, 0) is 51.4 Å². The molecule has 0 unspecified atom stereocenters. The number of quaternary nitrogens is 1. The zero-order chi connectivity index (χ0) is 18.5. The molecule has 0 aliphatic rings. The van der Waals surface area contributed by atoms with Crippen LogP contribution in [-0.2, 0) is 0 Å². The monoisotopic (exact) mass is 340 g/mol. The molecule has 0 fully saturated rings. The average molecular weight is 341 g/mol. The van der Waals surface area contributed by atoms with E-state index in [0.29, 0.717) is 6.26 Å². The van der Waals surface area contributed by atoms with Gasteiger partial charge in [0.2, 0.25) is 0 Å². The summed E-state index contributed by atoms with van der Waals surface area (Å²) in [6.45, 7) is 15.1. The van der Waals surface area contributed by atoms with Crippen molar-refractivity contribution in [1.29, 1.82) is 5.26 Å². The van der Waals surface area contributed by atoms with Gasteiger partial charge in [0, 0.05) is 6.26 Å². The van der Waals surface area contributed by atoms with E-state index in [1.165, 1.54) is 108 Å². The normalized spacial score (nSPS) is 10.8. The minimum absolute atomic E-state index is 0.500. The van der Waals surface area contributed by atoms with Gasteiger partial charge in [0.05, 0.1) is 26.2 Å². The third-order valence-corrected chi connectivity index (χ3v) is 4.94. The van der Waals surface area contributed by atoms with Crippen LogP contribution in [0.2, 0.25) is 0 Å². The van der Waals surface area contributed by atoms with E-state index < -0.39 is 0 Å². The standard InChI is InChI=1S/C20H44N.CHNO/c1-5-9-13-17-21(18-14-10-6-2,19-15-11-7-3)20-16-12-8-4;2-1-3/h5-20H2,1-4H3;3H/q+1;/p-1. The maximum Gasteiger partial charge on any atom is 0.0786 e. The molecule has 0 saturated heterocycles. The first-order chi connectivity index (χ1) is 11.7. The Balaban J connectivity index is 0. The summed E-state index contributed by atoms with van der Waals surface area (Å²) in [7, 11) is 0. The molecule has 0 amide bonds. The van der Waals surface area contributed by atoms with Gasteiger partial charge in [-0.3, -0.25) is 0 Å². The second-order valence-corrected chi connectivity index (χ2v) is 7.16. The van der Waals surface area contributed by atoms with Gasteiger partial charge in [-0.1, -0.05) is 53.4 Å². The van der Waals surface area contributed by atoms with Gasteiger partial charge < -0.3 is 9.59 Å². The second-order valence-electron chi connectivity index (χ2n) is 7.16. The van der Waals surface area contributed by atoms with Crippen molar-refractivity contribution in [2.45, 2.75) is 105 Å². The van der Waals surface area contributed by atoms with E-state index in [-0.39, 0.29) is 0 Å². The summed E-state index contributed by atoms with van der Waals surface area (Å²) in [5.74, 6) is 0. The summed E-state index contributed by atoms with van der Waals surface area (Å²) >= 11 is 0. The molecule has 0 aliphatic heterocycles. The van der Waals surface area contributed by atoms with Gasteiger partial charge in [0.15, 0.2) is 0 Å². The van der Waals surface area contributed by atoms with Gasteiger partial charge in [-0.15, -0.1) is 0 Å². The van der Waals surface area contributed by atoms with Gasteiger partial charge in [-0.25, -0.2) is 5.26 Å². The number of unbranched alkanes of at least 4 members (excludes halogenated alkanes) is 8. The summed E-state index contributed by atoms with van der Waals surface area (Å²) in [6.07, 6.45) is 17.4. The SMILES string of the molecule is CCCCC[N+](CCCCC)(CCCCC)CCCCC.N#C[O-]. The number of nitriles is 1. The Morgan fingerprint density at radius 2 is 0.792 bits per heavy atom. The molecule has 0 heterocycles. The van der Waals surface area contributed by atoms with E-state index in [1.807, 2.05) is 0 Å². The highest BCUT2D eigenvalue weighted by Crippen LogP contribution is 2.18. The molecule has 0 aromatic rings. The van der Waals surface area contributed by atoms with Crippen molar-refractivity contribution in [3.63, 3.8) is 0 Å². The summed E-state index contributed by atoms with van der Waals surface area (Å²) in [5.41, 5.74) is 0. The third kappa shape index (κ3) is 16.1. The van der Waals surface area contributed by atoms with Crippen LogP contribution in [0.4, 0.5) is 0 Å². The van der Waals surface area contributed by atoms with E-state index in [0.717, 1.165) is 0 Å². The summed E-state index contributed by atoms with van der Waals surface area (Å²) in [4.78, 5) is 0. The molecule has 0 aromatic heterocycles. The van der Waals surface area contributed by atoms with Crippen LogP contribution >= 0.6 is 0 Å². The number of rotatable bonds is 16. The highest BCUT2D eigenvalue weighted by Gasteiger charge is 2.25. The Kier molecular flexibility index (Phi) is 21.6. The Bertz CT molecular complexity index is 228. The summed E-state index contributed by atoms with van der Waals surface area (Å²) < 4.78 is 1.44. The molecule has 0 aromatic carbocycles. The Morgan fingerprint density at radius 1 is 0.583 bits per heavy atom. The fourth-order valence-corrected chi connectivity index (χ4v) is 3.46. The molecule has 0 N–H and O–H groups in total. The predicted molar refractivity (Wildman–Crippen MR) is 103 cm³/mol. The minimum Gasteiger partial charge on any atom is -0.812 e. The number of hydrogen-bond acceptors (Lipinski definition) is 2. The lowest BCUT2D eigenvalue weighted by Crippen LogP contribution is -2.50. The smallest absolute Gasteiger partial charge is 0.0786 e. The van der Waals surface area contributed by atoms with Crippen molar-refractivity contribution in [1.82, 2.24) is 0 Å². The lowest BCUT2D eigenvalue weighted by Gasteiger charge is -2.39. The Labute approximate surface area is 152 Å². The molecular formula is C21H44N2O. The molecule has 0 radical (unpaired) electrons. The van der Waals surface area contributed by atoms with E-state index in [1.54, 1.807) is 0 Å². The lowest BCUT2D eigenvalue weighted by molar-refractivity contribution is -0.929. The van der Waals surface area contributed by atoms with Crippen molar-refractivity contribution in [3.05, 3.63) is 0 Å². The van der Waals surface area contributed by atoms with Gasteiger partial charge in [0.1, 0.15) is 0 Å². The fraction of sp³-hybridized carbons (Fsp3) is 0.952. The largest absolute Gasteiger partial charge is 0.812 e. The van der Waals surface area contributed by atoms with Crippen LogP contribution in [0.5, 0.6) is 0 Å². The predicted octanol–water partition coefficient (Wildman–Crippen LogP) is 5.39. The quantitative estimate of drug-likeness (QED) is 0.215. The van der Waals surface area contributed by atoms with Crippen molar-refractivity contribution in [2.24, 2.45) is 0 Å². The minimum atomic E-state index is 0.500. The third-order valence-electron chi connectivity index (χ3n) is 4.94. The number of nitrogens with zero attached hydrogens (tertiary/aromatic N) is 2. The van der Waals surface area contributed by atoms with Crippen LogP contribution < -0.4 is 5.11 Å². The second kappa shape index (κ2) is 20.3. The molecular weight excluding hydrogens is 296 g/mol. The molecule has 24 heavy (non-hydrogen) atoms. The average Bonchev–Trinajstić information content (AvgIpc) is 2.56. The van der Waals surface area contributed by atoms with E-state index in [9.17, 15) is 0 Å². The highest BCUT2D eigenvalue weighted by atomic mass is 16.2. The first-order valence-corrected chi connectivity index (χ1v) is 10.5. The van der Waals surface area contributed by atoms with Crippen LogP contribution in [0.25, 0.3) is 0 Å². The van der Waals surface area contributed by atoms with Crippen molar-refractivity contribution in [2.75, 3.05) is 26.2 Å². The van der Waals surface area contributed by atoms with Gasteiger partial charge >= 0.3 is 0 Å². The van der Waals surface area contributed by atoms with Crippen LogP contribution in [0, 0.1) is 11.5 Å². The van der Waals surface area contributed by atoms with E-state index in [4.69, 9.17) is 10.4 Å². The molecule has 0 aliphatic carbocycles. The van der Waals surface area contributed by atoms with Crippen LogP contribution in [0.3, 0.4) is 0 Å². The van der Waals surface area contributed by atoms with Crippen LogP contribution in [0.1, 0.15) is 105 Å². The Hall–Kier alpha value is -0.750. The molecule has 0 saturated carbocycles. The molecule has 144 valence electrons. The van der Waals surface area contributed by atoms with Gasteiger partial charge in [-0.2, -0.15) is 0 Å². The molecule has 0 spiro atoms. The van der Waals surface area contributed by atoms with Crippen LogP contribution in [0.15, 0.2) is 0 Å².